The van der Waals surface area contributed by atoms with Gasteiger partial charge in [0.2, 0.25) is 10.0 Å². The highest BCUT2D eigenvalue weighted by atomic mass is 32.2. The fraction of sp³-hybridized carbons (Fsp3) is 0.500. The molecule has 0 atom stereocenters. The van der Waals surface area contributed by atoms with E-state index in [-0.39, 0.29) is 10.8 Å². The van der Waals surface area contributed by atoms with Crippen LogP contribution in [-0.2, 0) is 10.0 Å². The smallest absolute Gasteiger partial charge is 0.239 e. The molecular weight excluding hydrogens is 212 g/mol. The fourth-order valence-corrected chi connectivity index (χ4v) is 2.93. The third kappa shape index (κ3) is 2.18. The first-order valence-electron chi connectivity index (χ1n) is 5.07. The van der Waals surface area contributed by atoms with Gasteiger partial charge in [0.25, 0.3) is 0 Å². The molecular formula is C10H14N2O2S. The average Bonchev–Trinajstić information content (AvgIpc) is 2.69. The first-order valence-corrected chi connectivity index (χ1v) is 6.61. The van der Waals surface area contributed by atoms with Crippen molar-refractivity contribution in [3.8, 4) is 0 Å². The molecule has 2 rings (SSSR count). The van der Waals surface area contributed by atoms with Crippen molar-refractivity contribution >= 4 is 10.0 Å². The van der Waals surface area contributed by atoms with Gasteiger partial charge in [0.05, 0.1) is 5.69 Å². The molecule has 0 unspecified atom stereocenters. The minimum Gasteiger partial charge on any atom is -0.260 e. The van der Waals surface area contributed by atoms with E-state index in [4.69, 9.17) is 5.14 Å². The molecule has 82 valence electrons. The molecule has 0 aromatic carbocycles. The van der Waals surface area contributed by atoms with Crippen molar-refractivity contribution < 1.29 is 8.42 Å². The van der Waals surface area contributed by atoms with Crippen molar-refractivity contribution in [2.75, 3.05) is 0 Å². The van der Waals surface area contributed by atoms with Gasteiger partial charge in [-0.3, -0.25) is 4.98 Å². The Morgan fingerprint density at radius 1 is 1.33 bits per heavy atom. The Labute approximate surface area is 89.6 Å². The lowest BCUT2D eigenvalue weighted by Gasteiger charge is -2.11. The highest BCUT2D eigenvalue weighted by Gasteiger charge is 2.24. The molecule has 0 saturated heterocycles. The molecule has 0 aliphatic heterocycles. The Balaban J connectivity index is 2.46. The summed E-state index contributed by atoms with van der Waals surface area (Å²) in [5.41, 5.74) is 0.650. The van der Waals surface area contributed by atoms with Crippen molar-refractivity contribution in [1.82, 2.24) is 4.98 Å². The normalized spacial score (nSPS) is 18.2. The van der Waals surface area contributed by atoms with Gasteiger partial charge >= 0.3 is 0 Å². The highest BCUT2D eigenvalue weighted by molar-refractivity contribution is 7.89. The minimum atomic E-state index is -3.63. The number of aromatic nitrogens is 1. The van der Waals surface area contributed by atoms with Crippen LogP contribution >= 0.6 is 0 Å². The molecule has 0 spiro atoms. The van der Waals surface area contributed by atoms with Gasteiger partial charge in [0, 0.05) is 12.1 Å². The van der Waals surface area contributed by atoms with Crippen LogP contribution in [0.1, 0.15) is 37.3 Å². The summed E-state index contributed by atoms with van der Waals surface area (Å²) in [5.74, 6) is 0.263. The van der Waals surface area contributed by atoms with Crippen LogP contribution in [-0.4, -0.2) is 13.4 Å². The minimum absolute atomic E-state index is 0.192. The molecule has 15 heavy (non-hydrogen) atoms. The third-order valence-corrected chi connectivity index (χ3v) is 3.81. The first-order chi connectivity index (χ1) is 7.09. The fourth-order valence-electron chi connectivity index (χ4n) is 2.15. The number of primary sulfonamides is 1. The lowest BCUT2D eigenvalue weighted by molar-refractivity contribution is 0.590. The lowest BCUT2D eigenvalue weighted by Crippen LogP contribution is -2.16. The molecule has 1 saturated carbocycles. The van der Waals surface area contributed by atoms with E-state index in [0.29, 0.717) is 5.69 Å². The molecule has 0 amide bonds. The Morgan fingerprint density at radius 3 is 2.60 bits per heavy atom. The Bertz CT molecular complexity index is 450. The monoisotopic (exact) mass is 226 g/mol. The second-order valence-corrected chi connectivity index (χ2v) is 5.44. The van der Waals surface area contributed by atoms with Crippen LogP contribution in [0.15, 0.2) is 23.2 Å². The van der Waals surface area contributed by atoms with Gasteiger partial charge < -0.3 is 0 Å². The van der Waals surface area contributed by atoms with Gasteiger partial charge in [0.15, 0.2) is 0 Å². The second-order valence-electron chi connectivity index (χ2n) is 3.91. The molecule has 1 fully saturated rings. The molecule has 1 aliphatic rings. The van der Waals surface area contributed by atoms with Crippen molar-refractivity contribution in [2.45, 2.75) is 36.5 Å². The van der Waals surface area contributed by atoms with Gasteiger partial charge in [-0.15, -0.1) is 0 Å². The largest absolute Gasteiger partial charge is 0.260 e. The van der Waals surface area contributed by atoms with E-state index < -0.39 is 10.0 Å². The predicted octanol–water partition coefficient (Wildman–Crippen LogP) is 1.39. The van der Waals surface area contributed by atoms with Gasteiger partial charge in [-0.25, -0.2) is 13.6 Å². The summed E-state index contributed by atoms with van der Waals surface area (Å²) in [4.78, 5) is 4.36. The number of sulfonamides is 1. The van der Waals surface area contributed by atoms with E-state index in [1.807, 2.05) is 0 Å². The quantitative estimate of drug-likeness (QED) is 0.828. The van der Waals surface area contributed by atoms with E-state index in [2.05, 4.69) is 4.98 Å². The zero-order chi connectivity index (χ0) is 10.9. The van der Waals surface area contributed by atoms with E-state index in [0.717, 1.165) is 25.7 Å². The van der Waals surface area contributed by atoms with E-state index >= 15 is 0 Å². The van der Waals surface area contributed by atoms with Crippen LogP contribution in [0, 0.1) is 0 Å². The Hall–Kier alpha value is -0.940. The van der Waals surface area contributed by atoms with Crippen molar-refractivity contribution in [3.05, 3.63) is 24.0 Å². The molecule has 0 bridgehead atoms. The maximum atomic E-state index is 11.3. The van der Waals surface area contributed by atoms with Gasteiger partial charge in [-0.1, -0.05) is 12.8 Å². The number of rotatable bonds is 2. The molecule has 1 aromatic rings. The van der Waals surface area contributed by atoms with Crippen LogP contribution in [0.3, 0.4) is 0 Å². The number of pyridine rings is 1. The second kappa shape index (κ2) is 3.90. The maximum Gasteiger partial charge on any atom is 0.239 e. The van der Waals surface area contributed by atoms with Crippen molar-refractivity contribution in [3.63, 3.8) is 0 Å². The molecule has 0 radical (unpaired) electrons. The molecule has 2 N–H and O–H groups in total. The summed E-state index contributed by atoms with van der Waals surface area (Å²) in [6.45, 7) is 0. The molecule has 1 aromatic heterocycles. The van der Waals surface area contributed by atoms with Crippen LogP contribution < -0.4 is 5.14 Å². The van der Waals surface area contributed by atoms with Gasteiger partial charge in [-0.05, 0) is 25.0 Å². The van der Waals surface area contributed by atoms with Crippen LogP contribution in [0.4, 0.5) is 0 Å². The summed E-state index contributed by atoms with van der Waals surface area (Å²) in [5, 5.41) is 5.16. The molecule has 1 aliphatic carbocycles. The molecule has 4 nitrogen and oxygen atoms in total. The van der Waals surface area contributed by atoms with E-state index in [1.165, 1.54) is 6.07 Å². The Kier molecular flexibility index (Phi) is 2.75. The summed E-state index contributed by atoms with van der Waals surface area (Å²) in [7, 11) is -3.63. The summed E-state index contributed by atoms with van der Waals surface area (Å²) in [6, 6.07) is 3.15. The number of nitrogens with two attached hydrogens (primary N) is 1. The first kappa shape index (κ1) is 10.6. The SMILES string of the molecule is NS(=O)(=O)c1cccnc1C1CCCC1. The third-order valence-electron chi connectivity index (χ3n) is 2.85. The summed E-state index contributed by atoms with van der Waals surface area (Å²) >= 11 is 0. The Morgan fingerprint density at radius 2 is 2.00 bits per heavy atom. The standard InChI is InChI=1S/C10H14N2O2S/c11-15(13,14)9-6-3-7-12-10(9)8-4-1-2-5-8/h3,6-8H,1-2,4-5H2,(H2,11,13,14). The zero-order valence-electron chi connectivity index (χ0n) is 8.39. The van der Waals surface area contributed by atoms with Crippen molar-refractivity contribution in [2.24, 2.45) is 5.14 Å². The highest BCUT2D eigenvalue weighted by Crippen LogP contribution is 2.35. The van der Waals surface area contributed by atoms with Gasteiger partial charge in [0.1, 0.15) is 4.90 Å². The number of nitrogens with zero attached hydrogens (tertiary/aromatic N) is 1. The summed E-state index contributed by atoms with van der Waals surface area (Å²) in [6.07, 6.45) is 5.94. The number of hydrogen-bond donors (Lipinski definition) is 1. The van der Waals surface area contributed by atoms with Crippen LogP contribution in [0.5, 0.6) is 0 Å². The predicted molar refractivity (Wildman–Crippen MR) is 56.8 cm³/mol. The zero-order valence-corrected chi connectivity index (χ0v) is 9.20. The maximum absolute atomic E-state index is 11.3. The van der Waals surface area contributed by atoms with Crippen LogP contribution in [0.2, 0.25) is 0 Å². The van der Waals surface area contributed by atoms with Crippen molar-refractivity contribution in [1.29, 1.82) is 0 Å². The number of hydrogen-bond acceptors (Lipinski definition) is 3. The topological polar surface area (TPSA) is 73.1 Å². The summed E-state index contributed by atoms with van der Waals surface area (Å²) < 4.78 is 22.7. The van der Waals surface area contributed by atoms with Crippen LogP contribution in [0.25, 0.3) is 0 Å². The van der Waals surface area contributed by atoms with E-state index in [9.17, 15) is 8.42 Å². The molecule has 1 heterocycles. The lowest BCUT2D eigenvalue weighted by atomic mass is 10.0. The van der Waals surface area contributed by atoms with Gasteiger partial charge in [-0.2, -0.15) is 0 Å². The molecule has 5 heteroatoms. The van der Waals surface area contributed by atoms with E-state index in [1.54, 1.807) is 12.3 Å². The average molecular weight is 226 g/mol.